The lowest BCUT2D eigenvalue weighted by Crippen LogP contribution is -2.43. The van der Waals surface area contributed by atoms with Crippen molar-refractivity contribution < 1.29 is 4.39 Å². The molecule has 3 heterocycles. The van der Waals surface area contributed by atoms with Crippen LogP contribution in [0.15, 0.2) is 60.9 Å². The Morgan fingerprint density at radius 3 is 2.52 bits per heavy atom. The quantitative estimate of drug-likeness (QED) is 0.449. The van der Waals surface area contributed by atoms with Crippen LogP contribution < -0.4 is 4.90 Å². The highest BCUT2D eigenvalue weighted by Crippen LogP contribution is 2.32. The van der Waals surface area contributed by atoms with Crippen molar-refractivity contribution in [2.45, 2.75) is 32.4 Å². The van der Waals surface area contributed by atoms with E-state index in [0.717, 1.165) is 65.9 Å². The summed E-state index contributed by atoms with van der Waals surface area (Å²) in [4.78, 5) is 4.73. The van der Waals surface area contributed by atoms with Crippen molar-refractivity contribution in [2.75, 3.05) is 25.0 Å². The number of piperidine rings is 1. The van der Waals surface area contributed by atoms with Gasteiger partial charge in [-0.1, -0.05) is 30.3 Å². The smallest absolute Gasteiger partial charge is 0.159 e. The maximum atomic E-state index is 13.4. The Morgan fingerprint density at radius 1 is 1.00 bits per heavy atom. The second-order valence-corrected chi connectivity index (χ2v) is 8.75. The first-order valence-electron chi connectivity index (χ1n) is 11.3. The van der Waals surface area contributed by atoms with E-state index in [1.807, 2.05) is 31.2 Å². The fourth-order valence-corrected chi connectivity index (χ4v) is 4.72. The monoisotopic (exact) mass is 442 g/mol. The third-order valence-corrected chi connectivity index (χ3v) is 6.64. The number of halogens is 1. The highest BCUT2D eigenvalue weighted by Gasteiger charge is 2.25. The Bertz CT molecular complexity index is 1250. The van der Waals surface area contributed by atoms with E-state index in [-0.39, 0.29) is 5.82 Å². The van der Waals surface area contributed by atoms with E-state index in [9.17, 15) is 4.39 Å². The maximum Gasteiger partial charge on any atom is 0.159 e. The molecule has 6 nitrogen and oxygen atoms in total. The molecule has 2 aromatic carbocycles. The van der Waals surface area contributed by atoms with Crippen molar-refractivity contribution in [3.05, 3.63) is 77.9 Å². The highest BCUT2D eigenvalue weighted by molar-refractivity contribution is 6.00. The average molecular weight is 443 g/mol. The second-order valence-electron chi connectivity index (χ2n) is 8.75. The van der Waals surface area contributed by atoms with Crippen molar-refractivity contribution in [2.24, 2.45) is 0 Å². The molecule has 1 aliphatic heterocycles. The van der Waals surface area contributed by atoms with Crippen molar-refractivity contribution in [3.8, 4) is 11.3 Å². The molecular weight excluding hydrogens is 415 g/mol. The highest BCUT2D eigenvalue weighted by atomic mass is 19.1. The number of aromatic nitrogens is 4. The zero-order valence-electron chi connectivity index (χ0n) is 18.9. The van der Waals surface area contributed by atoms with E-state index in [2.05, 4.69) is 49.4 Å². The average Bonchev–Trinajstić information content (AvgIpc) is 2.86. The molecule has 7 heteroatoms. The van der Waals surface area contributed by atoms with Crippen LogP contribution in [0.2, 0.25) is 0 Å². The number of hydrogen-bond donors (Lipinski definition) is 0. The SMILES string of the molecule is Cc1cc(F)ccc1CN(C)C1CCN(c2nnc(-c3ccnnc3)c3ccccc23)CC1. The summed E-state index contributed by atoms with van der Waals surface area (Å²) in [6.07, 6.45) is 5.49. The minimum Gasteiger partial charge on any atom is -0.354 e. The van der Waals surface area contributed by atoms with Crippen LogP contribution in [0.4, 0.5) is 10.2 Å². The van der Waals surface area contributed by atoms with E-state index >= 15 is 0 Å². The van der Waals surface area contributed by atoms with Gasteiger partial charge in [0.05, 0.1) is 12.4 Å². The topological polar surface area (TPSA) is 58.0 Å². The van der Waals surface area contributed by atoms with E-state index in [1.54, 1.807) is 24.5 Å². The summed E-state index contributed by atoms with van der Waals surface area (Å²) >= 11 is 0. The molecular formula is C26H27FN6. The van der Waals surface area contributed by atoms with Gasteiger partial charge in [-0.25, -0.2) is 4.39 Å². The van der Waals surface area contributed by atoms with Gasteiger partial charge in [0.25, 0.3) is 0 Å². The standard InChI is InChI=1S/C26H27FN6/c1-18-15-21(27)8-7-20(18)17-32(2)22-10-13-33(14-11-22)26-24-6-4-3-5-23(24)25(30-31-26)19-9-12-28-29-16-19/h3-9,12,15-16,22H,10-11,13-14,17H2,1-2H3. The number of benzene rings is 2. The van der Waals surface area contributed by atoms with Gasteiger partial charge in [0.15, 0.2) is 5.82 Å². The summed E-state index contributed by atoms with van der Waals surface area (Å²) in [7, 11) is 2.16. The molecule has 168 valence electrons. The predicted octanol–water partition coefficient (Wildman–Crippen LogP) is 4.64. The lowest BCUT2D eigenvalue weighted by atomic mass is 10.0. The predicted molar refractivity (Wildman–Crippen MR) is 128 cm³/mol. The molecule has 0 atom stereocenters. The summed E-state index contributed by atoms with van der Waals surface area (Å²) in [6.45, 7) is 4.65. The Labute approximate surface area is 193 Å². The van der Waals surface area contributed by atoms with Crippen LogP contribution >= 0.6 is 0 Å². The lowest BCUT2D eigenvalue weighted by Gasteiger charge is -2.37. The van der Waals surface area contributed by atoms with Crippen molar-refractivity contribution in [3.63, 3.8) is 0 Å². The molecule has 0 bridgehead atoms. The van der Waals surface area contributed by atoms with Crippen LogP contribution in [-0.4, -0.2) is 51.5 Å². The summed E-state index contributed by atoms with van der Waals surface area (Å²) in [5.41, 5.74) is 3.93. The Balaban J connectivity index is 1.32. The number of aryl methyl sites for hydroxylation is 1. The number of hydrogen-bond acceptors (Lipinski definition) is 6. The second kappa shape index (κ2) is 9.19. The number of nitrogens with zero attached hydrogens (tertiary/aromatic N) is 6. The number of rotatable bonds is 5. The zero-order chi connectivity index (χ0) is 22.8. The van der Waals surface area contributed by atoms with Gasteiger partial charge in [0, 0.05) is 42.0 Å². The Morgan fingerprint density at radius 2 is 1.79 bits per heavy atom. The van der Waals surface area contributed by atoms with E-state index in [1.165, 1.54) is 5.56 Å². The van der Waals surface area contributed by atoms with Gasteiger partial charge in [-0.2, -0.15) is 10.2 Å². The fourth-order valence-electron chi connectivity index (χ4n) is 4.72. The first-order chi connectivity index (χ1) is 16.1. The Hall–Kier alpha value is -3.45. The summed E-state index contributed by atoms with van der Waals surface area (Å²) in [6, 6.07) is 15.7. The molecule has 0 amide bonds. The van der Waals surface area contributed by atoms with Crippen LogP contribution in [-0.2, 0) is 6.54 Å². The third-order valence-electron chi connectivity index (χ3n) is 6.64. The molecule has 1 aliphatic rings. The fraction of sp³-hybridized carbons (Fsp3) is 0.308. The number of fused-ring (bicyclic) bond motifs is 1. The molecule has 0 unspecified atom stereocenters. The molecule has 0 aliphatic carbocycles. The van der Waals surface area contributed by atoms with Gasteiger partial charge in [-0.3, -0.25) is 4.90 Å². The van der Waals surface area contributed by atoms with Crippen molar-refractivity contribution >= 4 is 16.6 Å². The van der Waals surface area contributed by atoms with Gasteiger partial charge in [-0.15, -0.1) is 10.2 Å². The van der Waals surface area contributed by atoms with Gasteiger partial charge in [-0.05, 0) is 56.1 Å². The Kier molecular flexibility index (Phi) is 5.96. The summed E-state index contributed by atoms with van der Waals surface area (Å²) in [5, 5.41) is 19.3. The summed E-state index contributed by atoms with van der Waals surface area (Å²) < 4.78 is 13.4. The summed E-state index contributed by atoms with van der Waals surface area (Å²) in [5.74, 6) is 0.763. The zero-order valence-corrected chi connectivity index (χ0v) is 18.9. The van der Waals surface area contributed by atoms with Crippen LogP contribution in [0.1, 0.15) is 24.0 Å². The largest absolute Gasteiger partial charge is 0.354 e. The van der Waals surface area contributed by atoms with E-state index < -0.39 is 0 Å². The number of anilines is 1. The van der Waals surface area contributed by atoms with Crippen LogP contribution in [0.3, 0.4) is 0 Å². The lowest BCUT2D eigenvalue weighted by molar-refractivity contribution is 0.200. The molecule has 4 aromatic rings. The van der Waals surface area contributed by atoms with Crippen LogP contribution in [0.25, 0.3) is 22.0 Å². The van der Waals surface area contributed by atoms with E-state index in [0.29, 0.717) is 6.04 Å². The van der Waals surface area contributed by atoms with Gasteiger partial charge in [0.1, 0.15) is 11.5 Å². The molecule has 0 saturated carbocycles. The van der Waals surface area contributed by atoms with Crippen molar-refractivity contribution in [1.29, 1.82) is 0 Å². The molecule has 5 rings (SSSR count). The molecule has 2 aromatic heterocycles. The molecule has 33 heavy (non-hydrogen) atoms. The minimum atomic E-state index is -0.174. The van der Waals surface area contributed by atoms with Crippen LogP contribution in [0, 0.1) is 12.7 Å². The molecule has 0 spiro atoms. The molecule has 1 saturated heterocycles. The minimum absolute atomic E-state index is 0.174. The first-order valence-corrected chi connectivity index (χ1v) is 11.3. The third kappa shape index (κ3) is 4.41. The van der Waals surface area contributed by atoms with Gasteiger partial charge < -0.3 is 4.90 Å². The molecule has 0 radical (unpaired) electrons. The van der Waals surface area contributed by atoms with E-state index in [4.69, 9.17) is 0 Å². The van der Waals surface area contributed by atoms with Gasteiger partial charge in [0.2, 0.25) is 0 Å². The maximum absolute atomic E-state index is 13.4. The first kappa shape index (κ1) is 21.4. The normalized spacial score (nSPS) is 14.8. The molecule has 1 fully saturated rings. The van der Waals surface area contributed by atoms with Gasteiger partial charge >= 0.3 is 0 Å². The van der Waals surface area contributed by atoms with Crippen LogP contribution in [0.5, 0.6) is 0 Å². The van der Waals surface area contributed by atoms with Crippen molar-refractivity contribution in [1.82, 2.24) is 25.3 Å². The molecule has 0 N–H and O–H groups in total.